The number of hydrogen-bond acceptors (Lipinski definition) is 14. The number of aromatic nitrogens is 1. The van der Waals surface area contributed by atoms with Gasteiger partial charge in [0.2, 0.25) is 0 Å². The molecule has 0 spiro atoms. The number of fused-ring (bicyclic) bond motifs is 5. The van der Waals surface area contributed by atoms with Crippen molar-refractivity contribution in [2.45, 2.75) is 121 Å². The summed E-state index contributed by atoms with van der Waals surface area (Å²) in [5, 5.41) is 63.1. The second-order valence-corrected chi connectivity index (χ2v) is 16.9. The SMILES string of the molecule is CC1=C2[C@@H](O)C(=O)[C@@]3(C)[C@H]([C@H](OC(=O)c4ccccc4)[C@](O)(CC1OC(=O)[C@H](O)[C@@H](NC(=O)OC(C)(C)C)c1ccccn1)C2(C)C)[C@]1(O)CO[C@@H]1C[C@@H]3O.[Ac].[Ac]. The van der Waals surface area contributed by atoms with Gasteiger partial charge in [-0.1, -0.05) is 38.1 Å². The van der Waals surface area contributed by atoms with Crippen LogP contribution in [0.3, 0.4) is 0 Å². The van der Waals surface area contributed by atoms with Crippen LogP contribution in [0.2, 0.25) is 0 Å². The van der Waals surface area contributed by atoms with E-state index < -0.39 is 106 Å². The third-order valence-electron chi connectivity index (χ3n) is 12.1. The first-order valence-electron chi connectivity index (χ1n) is 18.3. The van der Waals surface area contributed by atoms with Crippen LogP contribution >= 0.6 is 0 Å². The van der Waals surface area contributed by atoms with E-state index in [1.54, 1.807) is 65.0 Å². The van der Waals surface area contributed by atoms with E-state index in [-0.39, 0.29) is 124 Å². The number of aliphatic hydroxyl groups excluding tert-OH is 3. The van der Waals surface area contributed by atoms with E-state index in [9.17, 15) is 44.7 Å². The van der Waals surface area contributed by atoms with Gasteiger partial charge >= 0.3 is 18.0 Å². The first kappa shape index (κ1) is 48.3. The third-order valence-corrected chi connectivity index (χ3v) is 12.1. The largest absolute Gasteiger partial charge is 0.456 e. The standard InChI is InChI=1S/C40H50N2O13.2Ac/c1-20-23(53-34(48)29(45)27(22-15-11-12-16-41-22)42-35(49)55-36(2,3)4)18-40(51)32(54-33(47)21-13-9-8-10-14-21)30-38(7,24(43)17-25-39(30,50)19-52-25)31(46)28(44)26(20)37(40,5)6;;/h8-16,23-25,27-30,32,43-45,50-51H,17-19H2,1-7H3,(H,42,49);;/t23?,24-,25+,27-,28+,29+,30-,32-,38+,39-,40+;;/m0../s1. The first-order chi connectivity index (χ1) is 25.6. The fraction of sp³-hybridized carbons (Fsp3) is 0.575. The predicted octanol–water partition coefficient (Wildman–Crippen LogP) is 2.08. The Morgan fingerprint density at radius 3 is 2.18 bits per heavy atom. The summed E-state index contributed by atoms with van der Waals surface area (Å²) in [6, 6.07) is 11.1. The van der Waals surface area contributed by atoms with Gasteiger partial charge in [0.15, 0.2) is 11.9 Å². The molecule has 1 saturated heterocycles. The Kier molecular flexibility index (Phi) is 14.9. The number of ether oxygens (including phenoxy) is 4. The summed E-state index contributed by atoms with van der Waals surface area (Å²) in [7, 11) is 0. The zero-order valence-electron chi connectivity index (χ0n) is 33.0. The van der Waals surface area contributed by atoms with Crippen LogP contribution in [-0.2, 0) is 28.5 Å². The minimum atomic E-state index is -2.32. The molecule has 6 N–H and O–H groups in total. The van der Waals surface area contributed by atoms with Crippen molar-refractivity contribution in [1.82, 2.24) is 10.3 Å². The maximum absolute atomic E-state index is 14.7. The predicted molar refractivity (Wildman–Crippen MR) is 192 cm³/mol. The quantitative estimate of drug-likeness (QED) is 0.133. The Morgan fingerprint density at radius 1 is 0.982 bits per heavy atom. The molecule has 304 valence electrons. The second kappa shape index (κ2) is 17.5. The Bertz CT molecular complexity index is 1870. The van der Waals surface area contributed by atoms with Crippen molar-refractivity contribution >= 4 is 23.8 Å². The van der Waals surface area contributed by atoms with Crippen LogP contribution in [-0.4, -0.2) is 114 Å². The number of amides is 1. The average Bonchev–Trinajstić information content (AvgIpc) is 3.12. The molecule has 2 heterocycles. The van der Waals surface area contributed by atoms with Crippen LogP contribution in [0.5, 0.6) is 0 Å². The van der Waals surface area contributed by atoms with E-state index >= 15 is 0 Å². The number of alkyl carbamates (subject to hydrolysis) is 1. The van der Waals surface area contributed by atoms with Crippen molar-refractivity contribution in [2.75, 3.05) is 6.61 Å². The summed E-state index contributed by atoms with van der Waals surface area (Å²) >= 11 is 0. The maximum atomic E-state index is 14.7. The molecule has 1 aromatic heterocycles. The summed E-state index contributed by atoms with van der Waals surface area (Å²) in [6.07, 6.45) is -10.0. The molecule has 17 heteroatoms. The van der Waals surface area contributed by atoms with E-state index in [0.717, 1.165) is 0 Å². The van der Waals surface area contributed by atoms with Gasteiger partial charge in [-0.3, -0.25) is 9.78 Å². The molecule has 11 atom stereocenters. The van der Waals surface area contributed by atoms with E-state index in [0.29, 0.717) is 0 Å². The van der Waals surface area contributed by atoms with Gasteiger partial charge in [0, 0.05) is 118 Å². The smallest absolute Gasteiger partial charge is 0.408 e. The molecular weight excluding hydrogens is 1170 g/mol. The van der Waals surface area contributed by atoms with E-state index in [4.69, 9.17) is 18.9 Å². The van der Waals surface area contributed by atoms with Crippen LogP contribution in [0, 0.1) is 105 Å². The molecule has 15 nitrogen and oxygen atoms in total. The van der Waals surface area contributed by atoms with Gasteiger partial charge < -0.3 is 49.8 Å². The van der Waals surface area contributed by atoms with Gasteiger partial charge in [-0.05, 0) is 70.0 Å². The summed E-state index contributed by atoms with van der Waals surface area (Å²) in [5.41, 5.74) is -8.44. The number of pyridine rings is 1. The van der Waals surface area contributed by atoms with Crippen molar-refractivity contribution in [2.24, 2.45) is 16.7 Å². The zero-order valence-corrected chi connectivity index (χ0v) is 42.5. The number of aliphatic hydroxyl groups is 5. The van der Waals surface area contributed by atoms with Crippen LogP contribution in [0.4, 0.5) is 4.79 Å². The molecule has 2 aromatic rings. The van der Waals surface area contributed by atoms with Crippen LogP contribution in [0.25, 0.3) is 0 Å². The molecule has 1 unspecified atom stereocenters. The number of rotatable bonds is 7. The molecule has 3 fully saturated rings. The molecule has 2 saturated carbocycles. The van der Waals surface area contributed by atoms with Gasteiger partial charge in [-0.25, -0.2) is 14.4 Å². The number of carbonyl (C=O) groups excluding carboxylic acids is 4. The molecular formula is C40H50Ac2N2O13. The molecule has 2 bridgehead atoms. The van der Waals surface area contributed by atoms with Crippen molar-refractivity contribution in [3.8, 4) is 0 Å². The van der Waals surface area contributed by atoms with Gasteiger partial charge in [0.05, 0.1) is 35.5 Å². The van der Waals surface area contributed by atoms with Gasteiger partial charge in [-0.15, -0.1) is 0 Å². The first-order valence-corrected chi connectivity index (χ1v) is 18.3. The number of esters is 2. The fourth-order valence-corrected chi connectivity index (χ4v) is 9.03. The molecule has 2 radical (unpaired) electrons. The third kappa shape index (κ3) is 8.48. The molecule has 6 rings (SSSR count). The maximum Gasteiger partial charge on any atom is 0.408 e. The number of carbonyl (C=O) groups is 4. The number of nitrogens with zero attached hydrogens (tertiary/aromatic N) is 1. The van der Waals surface area contributed by atoms with Gasteiger partial charge in [-0.2, -0.15) is 0 Å². The van der Waals surface area contributed by atoms with Crippen molar-refractivity contribution in [3.63, 3.8) is 0 Å². The number of nitrogens with one attached hydrogen (secondary N) is 1. The van der Waals surface area contributed by atoms with Crippen LogP contribution in [0.15, 0.2) is 65.9 Å². The second-order valence-electron chi connectivity index (χ2n) is 16.9. The van der Waals surface area contributed by atoms with E-state index in [1.807, 2.05) is 0 Å². The summed E-state index contributed by atoms with van der Waals surface area (Å²) in [5.74, 6) is -4.61. The summed E-state index contributed by atoms with van der Waals surface area (Å²) in [6.45, 7) is 10.5. The Morgan fingerprint density at radius 2 is 1.61 bits per heavy atom. The number of Topliss-reactive ketones (excluding diaryl/α,β-unsaturated/α-hetero) is 1. The van der Waals surface area contributed by atoms with Crippen LogP contribution in [0.1, 0.15) is 83.4 Å². The number of hydrogen-bond donors (Lipinski definition) is 6. The number of ketones is 1. The molecule has 57 heavy (non-hydrogen) atoms. The Hall–Kier alpha value is -1.37. The molecule has 1 aliphatic heterocycles. The zero-order chi connectivity index (χ0) is 40.5. The van der Waals surface area contributed by atoms with Crippen LogP contribution < -0.4 is 5.32 Å². The summed E-state index contributed by atoms with van der Waals surface area (Å²) in [4.78, 5) is 59.6. The van der Waals surface area contributed by atoms with Gasteiger partial charge in [0.1, 0.15) is 41.2 Å². The van der Waals surface area contributed by atoms with E-state index in [2.05, 4.69) is 10.3 Å². The van der Waals surface area contributed by atoms with Crippen molar-refractivity contribution < 1.29 is 152 Å². The normalized spacial score (nSPS) is 33.8. The van der Waals surface area contributed by atoms with Crippen molar-refractivity contribution in [3.05, 3.63) is 77.1 Å². The van der Waals surface area contributed by atoms with Gasteiger partial charge in [0.25, 0.3) is 0 Å². The number of benzene rings is 1. The molecule has 1 amide bonds. The monoisotopic (exact) mass is 1220 g/mol. The minimum Gasteiger partial charge on any atom is -0.456 e. The topological polar surface area (TPSA) is 231 Å². The molecule has 1 aromatic carbocycles. The minimum absolute atomic E-state index is 0. The molecule has 3 aliphatic carbocycles. The fourth-order valence-electron chi connectivity index (χ4n) is 9.03. The van der Waals surface area contributed by atoms with E-state index in [1.165, 1.54) is 38.2 Å². The Labute approximate surface area is 402 Å². The van der Waals surface area contributed by atoms with Crippen molar-refractivity contribution in [1.29, 1.82) is 0 Å². The molecule has 4 aliphatic rings. The average molecular weight is 1220 g/mol. The summed E-state index contributed by atoms with van der Waals surface area (Å²) < 4.78 is 23.1. The Balaban J connectivity index is 0.00000360.